The number of nitrogens with two attached hydrogens (primary N) is 1. The van der Waals surface area contributed by atoms with Gasteiger partial charge < -0.3 is 10.3 Å². The average molecular weight is 223 g/mol. The van der Waals surface area contributed by atoms with E-state index in [1.807, 2.05) is 31.2 Å². The summed E-state index contributed by atoms with van der Waals surface area (Å²) in [5.41, 5.74) is 8.46. The molecule has 0 aliphatic carbocycles. The molecule has 1 aromatic carbocycles. The smallest absolute Gasteiger partial charge is 0.131 e. The van der Waals surface area contributed by atoms with Crippen LogP contribution >= 0.6 is 11.6 Å². The van der Waals surface area contributed by atoms with Gasteiger partial charge in [-0.3, -0.25) is 0 Å². The topological polar surface area (TPSA) is 52.0 Å². The third-order valence-corrected chi connectivity index (χ3v) is 2.44. The summed E-state index contributed by atoms with van der Waals surface area (Å²) in [5.74, 6) is 0. The molecule has 1 heterocycles. The number of aromatic nitrogens is 1. The number of rotatable bonds is 2. The molecule has 4 heteroatoms. The van der Waals surface area contributed by atoms with Gasteiger partial charge in [0.25, 0.3) is 0 Å². The maximum Gasteiger partial charge on any atom is 0.131 e. The van der Waals surface area contributed by atoms with Crippen LogP contribution in [0.2, 0.25) is 5.02 Å². The largest absolute Gasteiger partial charge is 0.364 e. The molecule has 0 bridgehead atoms. The second-order valence-electron chi connectivity index (χ2n) is 3.41. The van der Waals surface area contributed by atoms with Crippen LogP contribution in [0.3, 0.4) is 0 Å². The van der Waals surface area contributed by atoms with Gasteiger partial charge in [-0.1, -0.05) is 28.9 Å². The Morgan fingerprint density at radius 1 is 1.33 bits per heavy atom. The van der Waals surface area contributed by atoms with Crippen molar-refractivity contribution in [3.63, 3.8) is 0 Å². The van der Waals surface area contributed by atoms with Gasteiger partial charge in [0.15, 0.2) is 0 Å². The normalized spacial score (nSPS) is 12.7. The van der Waals surface area contributed by atoms with E-state index in [4.69, 9.17) is 21.9 Å². The monoisotopic (exact) mass is 222 g/mol. The van der Waals surface area contributed by atoms with Gasteiger partial charge in [0.1, 0.15) is 12.0 Å². The Hall–Kier alpha value is -1.32. The molecule has 2 aromatic rings. The van der Waals surface area contributed by atoms with Gasteiger partial charge in [0.2, 0.25) is 0 Å². The summed E-state index contributed by atoms with van der Waals surface area (Å²) in [4.78, 5) is 0. The second kappa shape index (κ2) is 4.04. The lowest BCUT2D eigenvalue weighted by Gasteiger charge is -2.03. The highest BCUT2D eigenvalue weighted by atomic mass is 35.5. The van der Waals surface area contributed by atoms with Crippen molar-refractivity contribution in [2.24, 2.45) is 5.73 Å². The molecule has 0 aliphatic rings. The Morgan fingerprint density at radius 2 is 2.00 bits per heavy atom. The zero-order chi connectivity index (χ0) is 10.8. The summed E-state index contributed by atoms with van der Waals surface area (Å²) >= 11 is 5.81. The molecule has 0 saturated carbocycles. The first-order valence-electron chi connectivity index (χ1n) is 4.64. The number of hydrogen-bond donors (Lipinski definition) is 1. The van der Waals surface area contributed by atoms with E-state index in [1.54, 1.807) is 6.26 Å². The van der Waals surface area contributed by atoms with Crippen molar-refractivity contribution >= 4 is 11.6 Å². The van der Waals surface area contributed by atoms with E-state index >= 15 is 0 Å². The highest BCUT2D eigenvalue weighted by Crippen LogP contribution is 2.27. The van der Waals surface area contributed by atoms with Crippen molar-refractivity contribution in [3.8, 4) is 11.1 Å². The molecule has 0 spiro atoms. The minimum absolute atomic E-state index is 0.144. The Labute approximate surface area is 92.8 Å². The summed E-state index contributed by atoms with van der Waals surface area (Å²) < 4.78 is 4.93. The molecule has 3 nitrogen and oxygen atoms in total. The van der Waals surface area contributed by atoms with Crippen molar-refractivity contribution < 1.29 is 4.52 Å². The maximum absolute atomic E-state index is 5.81. The van der Waals surface area contributed by atoms with Crippen molar-refractivity contribution in [1.82, 2.24) is 5.16 Å². The molecule has 15 heavy (non-hydrogen) atoms. The van der Waals surface area contributed by atoms with Gasteiger partial charge in [-0.25, -0.2) is 0 Å². The Morgan fingerprint density at radius 3 is 2.60 bits per heavy atom. The quantitative estimate of drug-likeness (QED) is 0.850. The predicted molar refractivity (Wildman–Crippen MR) is 59.6 cm³/mol. The third-order valence-electron chi connectivity index (χ3n) is 2.18. The molecule has 0 aliphatic heterocycles. The molecule has 0 radical (unpaired) electrons. The van der Waals surface area contributed by atoms with Crippen LogP contribution in [0.4, 0.5) is 0 Å². The highest BCUT2D eigenvalue weighted by Gasteiger charge is 2.13. The van der Waals surface area contributed by atoms with E-state index in [9.17, 15) is 0 Å². The Balaban J connectivity index is 2.45. The van der Waals surface area contributed by atoms with E-state index in [1.165, 1.54) is 0 Å². The number of hydrogen-bond acceptors (Lipinski definition) is 3. The van der Waals surface area contributed by atoms with Crippen LogP contribution in [0, 0.1) is 0 Å². The minimum Gasteiger partial charge on any atom is -0.364 e. The fraction of sp³-hybridized carbons (Fsp3) is 0.182. The zero-order valence-corrected chi connectivity index (χ0v) is 9.03. The number of nitrogens with zero attached hydrogens (tertiary/aromatic N) is 1. The van der Waals surface area contributed by atoms with Gasteiger partial charge >= 0.3 is 0 Å². The molecular weight excluding hydrogens is 212 g/mol. The molecule has 1 unspecified atom stereocenters. The summed E-state index contributed by atoms with van der Waals surface area (Å²) in [6.07, 6.45) is 1.60. The fourth-order valence-corrected chi connectivity index (χ4v) is 1.55. The first kappa shape index (κ1) is 10.2. The first-order valence-corrected chi connectivity index (χ1v) is 5.02. The molecule has 2 N–H and O–H groups in total. The van der Waals surface area contributed by atoms with Crippen LogP contribution < -0.4 is 5.73 Å². The summed E-state index contributed by atoms with van der Waals surface area (Å²) in [6, 6.07) is 7.35. The van der Waals surface area contributed by atoms with Gasteiger partial charge in [0, 0.05) is 16.6 Å². The van der Waals surface area contributed by atoms with Crippen molar-refractivity contribution in [2.75, 3.05) is 0 Å². The van der Waals surface area contributed by atoms with E-state index in [2.05, 4.69) is 5.16 Å². The SMILES string of the molecule is CC(N)c1nocc1-c1ccc(Cl)cc1. The third kappa shape index (κ3) is 2.03. The van der Waals surface area contributed by atoms with Crippen molar-refractivity contribution in [1.29, 1.82) is 0 Å². The summed E-state index contributed by atoms with van der Waals surface area (Å²) in [6.45, 7) is 1.87. The van der Waals surface area contributed by atoms with E-state index < -0.39 is 0 Å². The molecule has 0 amide bonds. The Kier molecular flexibility index (Phi) is 2.75. The number of halogens is 1. The molecule has 1 aromatic heterocycles. The van der Waals surface area contributed by atoms with Gasteiger partial charge in [-0.2, -0.15) is 0 Å². The van der Waals surface area contributed by atoms with Crippen molar-refractivity contribution in [2.45, 2.75) is 13.0 Å². The van der Waals surface area contributed by atoms with E-state index in [-0.39, 0.29) is 6.04 Å². The van der Waals surface area contributed by atoms with Crippen molar-refractivity contribution in [3.05, 3.63) is 41.2 Å². The summed E-state index contributed by atoms with van der Waals surface area (Å²) in [7, 11) is 0. The van der Waals surface area contributed by atoms with E-state index in [0.717, 1.165) is 16.8 Å². The lowest BCUT2D eigenvalue weighted by atomic mass is 10.0. The highest BCUT2D eigenvalue weighted by molar-refractivity contribution is 6.30. The molecule has 78 valence electrons. The number of benzene rings is 1. The molecule has 0 fully saturated rings. The Bertz CT molecular complexity index is 448. The predicted octanol–water partition coefficient (Wildman–Crippen LogP) is 3.01. The maximum atomic E-state index is 5.81. The molecule has 1 atom stereocenters. The molecule has 2 rings (SSSR count). The fourth-order valence-electron chi connectivity index (χ4n) is 1.42. The van der Waals surface area contributed by atoms with Gasteiger partial charge in [0.05, 0.1) is 0 Å². The van der Waals surface area contributed by atoms with Crippen LogP contribution in [0.1, 0.15) is 18.7 Å². The molecular formula is C11H11ClN2O. The van der Waals surface area contributed by atoms with Crippen LogP contribution in [-0.2, 0) is 0 Å². The minimum atomic E-state index is -0.144. The average Bonchev–Trinajstić information content (AvgIpc) is 2.67. The van der Waals surface area contributed by atoms with Crippen LogP contribution in [0.5, 0.6) is 0 Å². The summed E-state index contributed by atoms with van der Waals surface area (Å²) in [5, 5.41) is 4.59. The second-order valence-corrected chi connectivity index (χ2v) is 3.85. The lowest BCUT2D eigenvalue weighted by molar-refractivity contribution is 0.407. The van der Waals surface area contributed by atoms with Gasteiger partial charge in [-0.05, 0) is 24.6 Å². The zero-order valence-electron chi connectivity index (χ0n) is 8.27. The standard InChI is InChI=1S/C11H11ClN2O/c1-7(13)11-10(6-15-14-11)8-2-4-9(12)5-3-8/h2-7H,13H2,1H3. The van der Waals surface area contributed by atoms with E-state index in [0.29, 0.717) is 5.02 Å². The van der Waals surface area contributed by atoms with Crippen LogP contribution in [-0.4, -0.2) is 5.16 Å². The van der Waals surface area contributed by atoms with Crippen LogP contribution in [0.25, 0.3) is 11.1 Å². The van der Waals surface area contributed by atoms with Gasteiger partial charge in [-0.15, -0.1) is 0 Å². The van der Waals surface area contributed by atoms with Crippen LogP contribution in [0.15, 0.2) is 35.1 Å². The first-order chi connectivity index (χ1) is 7.18. The molecule has 0 saturated heterocycles. The lowest BCUT2D eigenvalue weighted by Crippen LogP contribution is -2.06.